The minimum atomic E-state index is -2.90. The van der Waals surface area contributed by atoms with Crippen LogP contribution in [0, 0.1) is 0 Å². The van der Waals surface area contributed by atoms with Gasteiger partial charge in [-0.05, 0) is 46.9 Å². The first-order valence-electron chi connectivity index (χ1n) is 4.91. The second kappa shape index (κ2) is 8.50. The molecule has 0 aromatic carbocycles. The molecule has 0 spiro atoms. The van der Waals surface area contributed by atoms with Crippen molar-refractivity contribution in [1.82, 2.24) is 0 Å². The Bertz CT molecular complexity index is 260. The number of halogens is 1. The molecule has 0 unspecified atom stereocenters. The van der Waals surface area contributed by atoms with Crippen LogP contribution >= 0.6 is 30.2 Å². The van der Waals surface area contributed by atoms with E-state index in [0.717, 1.165) is 0 Å². The monoisotopic (exact) mass is 344 g/mol. The van der Waals surface area contributed by atoms with E-state index in [2.05, 4.69) is 22.6 Å². The van der Waals surface area contributed by atoms with E-state index in [9.17, 15) is 4.57 Å². The molecule has 0 aromatic rings. The smallest absolute Gasteiger partial charge is 0.309 e. The predicted molar refractivity (Wildman–Crippen MR) is 72.6 cm³/mol. The lowest BCUT2D eigenvalue weighted by Gasteiger charge is -2.14. The molecule has 15 heavy (non-hydrogen) atoms. The van der Waals surface area contributed by atoms with Gasteiger partial charge in [0.1, 0.15) is 0 Å². The summed E-state index contributed by atoms with van der Waals surface area (Å²) in [6, 6.07) is 0. The SMILES string of the molecule is CCOP(=O)(C/C=C/C=C(\C)I)OCC. The van der Waals surface area contributed by atoms with E-state index in [1.54, 1.807) is 0 Å². The van der Waals surface area contributed by atoms with Crippen LogP contribution in [0.25, 0.3) is 0 Å². The second-order valence-corrected chi connectivity index (χ2v) is 6.62. The van der Waals surface area contributed by atoms with Crippen molar-refractivity contribution in [1.29, 1.82) is 0 Å². The average molecular weight is 344 g/mol. The zero-order valence-electron chi connectivity index (χ0n) is 9.40. The van der Waals surface area contributed by atoms with E-state index >= 15 is 0 Å². The molecule has 0 aliphatic rings. The van der Waals surface area contributed by atoms with Gasteiger partial charge in [-0.15, -0.1) is 0 Å². The number of hydrogen-bond acceptors (Lipinski definition) is 3. The lowest BCUT2D eigenvalue weighted by molar-refractivity contribution is 0.222. The van der Waals surface area contributed by atoms with Crippen molar-refractivity contribution in [3.8, 4) is 0 Å². The summed E-state index contributed by atoms with van der Waals surface area (Å²) in [6.45, 7) is 6.43. The van der Waals surface area contributed by atoms with Crippen LogP contribution in [-0.4, -0.2) is 19.4 Å². The third kappa shape index (κ3) is 8.20. The summed E-state index contributed by atoms with van der Waals surface area (Å²) >= 11 is 2.21. The summed E-state index contributed by atoms with van der Waals surface area (Å²) in [5.74, 6) is 0. The van der Waals surface area contributed by atoms with E-state index in [0.29, 0.717) is 19.4 Å². The maximum absolute atomic E-state index is 11.9. The first-order chi connectivity index (χ1) is 7.04. The van der Waals surface area contributed by atoms with Gasteiger partial charge in [-0.2, -0.15) is 0 Å². The Morgan fingerprint density at radius 2 is 1.87 bits per heavy atom. The number of rotatable bonds is 7. The Balaban J connectivity index is 4.24. The minimum Gasteiger partial charge on any atom is -0.309 e. The molecular formula is C10H18IO3P. The van der Waals surface area contributed by atoms with Crippen molar-refractivity contribution >= 4 is 30.2 Å². The summed E-state index contributed by atoms with van der Waals surface area (Å²) in [6.07, 6.45) is 5.96. The summed E-state index contributed by atoms with van der Waals surface area (Å²) in [4.78, 5) is 0. The molecule has 0 heterocycles. The molecule has 0 rings (SSSR count). The standard InChI is InChI=1S/C10H18IO3P/c1-4-13-15(12,14-5-2)9-7-6-8-10(3)11/h6-8H,4-5,9H2,1-3H3/b7-6+,10-8+. The van der Waals surface area contributed by atoms with E-state index < -0.39 is 7.60 Å². The zero-order chi connectivity index (χ0) is 11.7. The summed E-state index contributed by atoms with van der Waals surface area (Å²) < 4.78 is 23.4. The van der Waals surface area contributed by atoms with Crippen molar-refractivity contribution in [2.75, 3.05) is 19.4 Å². The molecule has 0 aliphatic heterocycles. The Hall–Kier alpha value is 0.360. The summed E-state index contributed by atoms with van der Waals surface area (Å²) in [5, 5.41) is 0. The van der Waals surface area contributed by atoms with Gasteiger partial charge in [0.05, 0.1) is 19.4 Å². The average Bonchev–Trinajstić information content (AvgIpc) is 2.13. The lowest BCUT2D eigenvalue weighted by Crippen LogP contribution is -1.98. The highest BCUT2D eigenvalue weighted by Gasteiger charge is 2.20. The molecule has 0 atom stereocenters. The van der Waals surface area contributed by atoms with Crippen LogP contribution in [0.4, 0.5) is 0 Å². The highest BCUT2D eigenvalue weighted by atomic mass is 127. The Kier molecular flexibility index (Phi) is 8.71. The van der Waals surface area contributed by atoms with Gasteiger partial charge in [0, 0.05) is 0 Å². The molecule has 0 saturated carbocycles. The van der Waals surface area contributed by atoms with Crippen LogP contribution in [0.3, 0.4) is 0 Å². The van der Waals surface area contributed by atoms with Crippen molar-refractivity contribution in [3.63, 3.8) is 0 Å². The van der Waals surface area contributed by atoms with Gasteiger partial charge in [0.25, 0.3) is 0 Å². The summed E-state index contributed by atoms with van der Waals surface area (Å²) in [5.41, 5.74) is 0. The van der Waals surface area contributed by atoms with Crippen LogP contribution in [-0.2, 0) is 13.6 Å². The van der Waals surface area contributed by atoms with Gasteiger partial charge in [-0.3, -0.25) is 4.57 Å². The Labute approximate surface area is 106 Å². The number of allylic oxidation sites excluding steroid dienone is 4. The fourth-order valence-corrected chi connectivity index (χ4v) is 2.59. The van der Waals surface area contributed by atoms with Crippen LogP contribution in [0.2, 0.25) is 0 Å². The molecule has 0 N–H and O–H groups in total. The first-order valence-corrected chi connectivity index (χ1v) is 7.71. The molecule has 0 fully saturated rings. The fourth-order valence-electron chi connectivity index (χ4n) is 0.927. The molecule has 0 amide bonds. The van der Waals surface area contributed by atoms with Crippen molar-refractivity contribution in [2.45, 2.75) is 20.8 Å². The molecule has 0 radical (unpaired) electrons. The van der Waals surface area contributed by atoms with E-state index in [4.69, 9.17) is 9.05 Å². The zero-order valence-corrected chi connectivity index (χ0v) is 12.5. The van der Waals surface area contributed by atoms with E-state index in [1.807, 2.05) is 39.0 Å². The molecule has 0 bridgehead atoms. The third-order valence-corrected chi connectivity index (χ3v) is 3.76. The normalized spacial score (nSPS) is 13.7. The van der Waals surface area contributed by atoms with E-state index in [1.165, 1.54) is 3.58 Å². The lowest BCUT2D eigenvalue weighted by atomic mass is 10.5. The highest BCUT2D eigenvalue weighted by molar-refractivity contribution is 14.1. The maximum Gasteiger partial charge on any atom is 0.334 e. The highest BCUT2D eigenvalue weighted by Crippen LogP contribution is 2.47. The maximum atomic E-state index is 11.9. The molecule has 5 heteroatoms. The number of hydrogen-bond donors (Lipinski definition) is 0. The molecule has 0 saturated heterocycles. The third-order valence-electron chi connectivity index (χ3n) is 1.44. The predicted octanol–water partition coefficient (Wildman–Crippen LogP) is 4.15. The topological polar surface area (TPSA) is 35.5 Å². The Morgan fingerprint density at radius 1 is 1.33 bits per heavy atom. The Morgan fingerprint density at radius 3 is 2.27 bits per heavy atom. The van der Waals surface area contributed by atoms with Crippen LogP contribution in [0.5, 0.6) is 0 Å². The largest absolute Gasteiger partial charge is 0.334 e. The van der Waals surface area contributed by atoms with Crippen LogP contribution in [0.1, 0.15) is 20.8 Å². The fraction of sp³-hybridized carbons (Fsp3) is 0.600. The quantitative estimate of drug-likeness (QED) is 0.395. The van der Waals surface area contributed by atoms with Gasteiger partial charge in [-0.25, -0.2) is 0 Å². The molecular weight excluding hydrogens is 326 g/mol. The van der Waals surface area contributed by atoms with Crippen LogP contribution < -0.4 is 0 Å². The molecule has 3 nitrogen and oxygen atoms in total. The van der Waals surface area contributed by atoms with Gasteiger partial charge in [0.2, 0.25) is 0 Å². The van der Waals surface area contributed by atoms with Crippen molar-refractivity contribution < 1.29 is 13.6 Å². The minimum absolute atomic E-state index is 0.328. The van der Waals surface area contributed by atoms with Crippen molar-refractivity contribution in [2.24, 2.45) is 0 Å². The first kappa shape index (κ1) is 15.4. The molecule has 0 aliphatic carbocycles. The molecule has 0 aromatic heterocycles. The molecule has 88 valence electrons. The summed E-state index contributed by atoms with van der Waals surface area (Å²) in [7, 11) is -2.90. The van der Waals surface area contributed by atoms with Gasteiger partial charge < -0.3 is 9.05 Å². The van der Waals surface area contributed by atoms with Crippen LogP contribution in [0.15, 0.2) is 21.8 Å². The second-order valence-electron chi connectivity index (χ2n) is 2.81. The van der Waals surface area contributed by atoms with Gasteiger partial charge in [-0.1, -0.05) is 18.2 Å². The van der Waals surface area contributed by atoms with Gasteiger partial charge >= 0.3 is 7.60 Å². The van der Waals surface area contributed by atoms with E-state index in [-0.39, 0.29) is 0 Å². The van der Waals surface area contributed by atoms with Crippen molar-refractivity contribution in [3.05, 3.63) is 21.8 Å². The van der Waals surface area contributed by atoms with Gasteiger partial charge in [0.15, 0.2) is 0 Å².